The van der Waals surface area contributed by atoms with E-state index < -0.39 is 14.1 Å². The van der Waals surface area contributed by atoms with Crippen LogP contribution in [0.5, 0.6) is 11.5 Å². The summed E-state index contributed by atoms with van der Waals surface area (Å²) in [5.74, 6) is 0.296. The molecule has 1 aromatic carbocycles. The minimum absolute atomic E-state index is 0.145. The molecule has 0 aliphatic heterocycles. The summed E-state index contributed by atoms with van der Waals surface area (Å²) >= 11 is 1.85. The highest BCUT2D eigenvalue weighted by Crippen LogP contribution is 2.29. The zero-order chi connectivity index (χ0) is 15.6. The summed E-state index contributed by atoms with van der Waals surface area (Å²) in [6.07, 6.45) is 0.347. The van der Waals surface area contributed by atoms with Crippen LogP contribution in [0.4, 0.5) is 0 Å². The molecule has 2 N–H and O–H groups in total. The summed E-state index contributed by atoms with van der Waals surface area (Å²) in [6.45, 7) is 0.269. The summed E-state index contributed by atoms with van der Waals surface area (Å²) in [7, 11) is -5.16. The quantitative estimate of drug-likeness (QED) is 0.862. The Morgan fingerprint density at radius 2 is 2.07 bits per heavy atom. The van der Waals surface area contributed by atoms with E-state index in [1.165, 1.54) is 12.1 Å². The summed E-state index contributed by atoms with van der Waals surface area (Å²) in [5.41, 5.74) is 5.95. The molecule has 0 radical (unpaired) electrons. The van der Waals surface area contributed by atoms with Crippen LogP contribution in [0, 0.1) is 3.57 Å². The standard InChI is InChI=1S/C10H14INO2/c1-13-9-6-8(11)10(14-2)5-7(9)3-4-12/h5-6H,3-4,12H2,1-2H3/i1D3,2D3. The Morgan fingerprint density at radius 3 is 2.71 bits per heavy atom. The van der Waals surface area contributed by atoms with Gasteiger partial charge in [0.05, 0.1) is 25.9 Å². The van der Waals surface area contributed by atoms with E-state index in [1.54, 1.807) is 0 Å². The highest BCUT2D eigenvalue weighted by molar-refractivity contribution is 14.1. The molecule has 14 heavy (non-hydrogen) atoms. The molecule has 0 fully saturated rings. The number of ether oxygens (including phenoxy) is 2. The highest BCUT2D eigenvalue weighted by atomic mass is 127. The van der Waals surface area contributed by atoms with Gasteiger partial charge in [-0.25, -0.2) is 0 Å². The summed E-state index contributed by atoms with van der Waals surface area (Å²) in [6, 6.07) is 2.88. The Hall–Kier alpha value is -0.490. The third kappa shape index (κ3) is 2.51. The fraction of sp³-hybridized carbons (Fsp3) is 0.400. The summed E-state index contributed by atoms with van der Waals surface area (Å²) in [5, 5.41) is 0. The van der Waals surface area contributed by atoms with Gasteiger partial charge in [-0.05, 0) is 53.3 Å². The summed E-state index contributed by atoms with van der Waals surface area (Å²) in [4.78, 5) is 0. The maximum atomic E-state index is 7.12. The van der Waals surface area contributed by atoms with Gasteiger partial charge in [-0.3, -0.25) is 0 Å². The van der Waals surface area contributed by atoms with Gasteiger partial charge in [0.2, 0.25) is 0 Å². The van der Waals surface area contributed by atoms with Crippen LogP contribution in [0.2, 0.25) is 0 Å². The molecule has 1 aromatic rings. The molecule has 0 heterocycles. The van der Waals surface area contributed by atoms with Crippen molar-refractivity contribution < 1.29 is 17.7 Å². The molecule has 0 bridgehead atoms. The van der Waals surface area contributed by atoms with E-state index in [0.717, 1.165) is 0 Å². The third-order valence-electron chi connectivity index (χ3n) is 1.75. The molecule has 4 heteroatoms. The van der Waals surface area contributed by atoms with Gasteiger partial charge >= 0.3 is 0 Å². The molecule has 1 rings (SSSR count). The average Bonchev–Trinajstić information content (AvgIpc) is 2.20. The van der Waals surface area contributed by atoms with Crippen molar-refractivity contribution in [3.63, 3.8) is 0 Å². The lowest BCUT2D eigenvalue weighted by molar-refractivity contribution is 0.396. The number of hydrogen-bond acceptors (Lipinski definition) is 3. The largest absolute Gasteiger partial charge is 0.496 e. The first-order chi connectivity index (χ1) is 9.02. The monoisotopic (exact) mass is 313 g/mol. The Morgan fingerprint density at radius 1 is 1.36 bits per heavy atom. The molecule has 0 aliphatic rings. The second kappa shape index (κ2) is 5.41. The van der Waals surface area contributed by atoms with E-state index in [4.69, 9.17) is 23.4 Å². The fourth-order valence-electron chi connectivity index (χ4n) is 1.10. The average molecular weight is 313 g/mol. The first-order valence-electron chi connectivity index (χ1n) is 6.92. The second-order valence-corrected chi connectivity index (χ2v) is 3.80. The Bertz CT molecular complexity index is 474. The number of hydrogen-bond donors (Lipinski definition) is 1. The van der Waals surface area contributed by atoms with Crippen molar-refractivity contribution in [1.29, 1.82) is 0 Å². The normalized spacial score (nSPS) is 18.1. The maximum absolute atomic E-state index is 7.12. The zero-order valence-corrected chi connectivity index (χ0v) is 9.50. The van der Waals surface area contributed by atoms with Crippen molar-refractivity contribution in [3.8, 4) is 11.5 Å². The molecule has 0 saturated carbocycles. The van der Waals surface area contributed by atoms with Gasteiger partial charge in [-0.15, -0.1) is 0 Å². The lowest BCUT2D eigenvalue weighted by Gasteiger charge is -2.11. The SMILES string of the molecule is [2H]C([2H])([2H])Oc1cc(CCN)c(OC([2H])([2H])[2H])cc1I. The molecule has 0 amide bonds. The van der Waals surface area contributed by atoms with Crippen LogP contribution in [0.1, 0.15) is 13.8 Å². The van der Waals surface area contributed by atoms with Crippen molar-refractivity contribution in [2.45, 2.75) is 6.42 Å². The Balaban J connectivity index is 3.17. The van der Waals surface area contributed by atoms with Crippen molar-refractivity contribution in [2.24, 2.45) is 5.73 Å². The first kappa shape index (κ1) is 5.55. The minimum Gasteiger partial charge on any atom is -0.496 e. The van der Waals surface area contributed by atoms with Crippen LogP contribution in [-0.2, 0) is 6.42 Å². The predicted octanol–water partition coefficient (Wildman–Crippen LogP) is 1.81. The van der Waals surface area contributed by atoms with E-state index in [-0.39, 0.29) is 18.0 Å². The minimum atomic E-state index is -2.58. The predicted molar refractivity (Wildman–Crippen MR) is 65.0 cm³/mol. The van der Waals surface area contributed by atoms with Gasteiger partial charge in [0, 0.05) is 0 Å². The maximum Gasteiger partial charge on any atom is 0.132 e. The van der Waals surface area contributed by atoms with Crippen LogP contribution < -0.4 is 15.2 Å². The molecular formula is C10H14INO2. The highest BCUT2D eigenvalue weighted by Gasteiger charge is 2.08. The number of rotatable bonds is 4. The van der Waals surface area contributed by atoms with Crippen molar-refractivity contribution >= 4 is 22.6 Å². The summed E-state index contributed by atoms with van der Waals surface area (Å²) < 4.78 is 52.9. The van der Waals surface area contributed by atoms with Crippen LogP contribution in [-0.4, -0.2) is 20.6 Å². The molecule has 0 aromatic heterocycles. The van der Waals surface area contributed by atoms with Crippen LogP contribution in [0.3, 0.4) is 0 Å². The number of methoxy groups -OCH3 is 2. The van der Waals surface area contributed by atoms with Gasteiger partial charge in [0.15, 0.2) is 0 Å². The van der Waals surface area contributed by atoms with Crippen molar-refractivity contribution in [3.05, 3.63) is 21.3 Å². The molecule has 0 atom stereocenters. The molecule has 0 spiro atoms. The smallest absolute Gasteiger partial charge is 0.132 e. The van der Waals surface area contributed by atoms with Crippen LogP contribution in [0.25, 0.3) is 0 Å². The number of nitrogens with two attached hydrogens (primary N) is 1. The van der Waals surface area contributed by atoms with Crippen LogP contribution in [0.15, 0.2) is 12.1 Å². The van der Waals surface area contributed by atoms with E-state index in [0.29, 0.717) is 15.6 Å². The zero-order valence-electron chi connectivity index (χ0n) is 13.3. The topological polar surface area (TPSA) is 44.5 Å². The Kier molecular flexibility index (Phi) is 2.14. The van der Waals surface area contributed by atoms with Gasteiger partial charge < -0.3 is 15.2 Å². The van der Waals surface area contributed by atoms with E-state index in [2.05, 4.69) is 0 Å². The van der Waals surface area contributed by atoms with E-state index in [1.807, 2.05) is 22.6 Å². The van der Waals surface area contributed by atoms with Crippen molar-refractivity contribution in [2.75, 3.05) is 20.6 Å². The molecule has 0 aliphatic carbocycles. The van der Waals surface area contributed by atoms with E-state index >= 15 is 0 Å². The third-order valence-corrected chi connectivity index (χ3v) is 2.59. The van der Waals surface area contributed by atoms with Gasteiger partial charge in [-0.2, -0.15) is 0 Å². The number of benzene rings is 1. The molecule has 78 valence electrons. The lowest BCUT2D eigenvalue weighted by Crippen LogP contribution is -2.05. The molecular weight excluding hydrogens is 293 g/mol. The van der Waals surface area contributed by atoms with Gasteiger partial charge in [-0.1, -0.05) is 0 Å². The Labute approximate surface area is 106 Å². The molecule has 0 saturated heterocycles. The fourth-order valence-corrected chi connectivity index (χ4v) is 1.65. The number of halogens is 1. The lowest BCUT2D eigenvalue weighted by atomic mass is 10.1. The molecule has 3 nitrogen and oxygen atoms in total. The van der Waals surface area contributed by atoms with Crippen LogP contribution >= 0.6 is 22.6 Å². The first-order valence-corrected chi connectivity index (χ1v) is 5.00. The van der Waals surface area contributed by atoms with E-state index in [9.17, 15) is 0 Å². The molecule has 0 unspecified atom stereocenters. The second-order valence-electron chi connectivity index (χ2n) is 2.63. The van der Waals surface area contributed by atoms with Gasteiger partial charge in [0.25, 0.3) is 0 Å². The van der Waals surface area contributed by atoms with Gasteiger partial charge in [0.1, 0.15) is 11.5 Å². The van der Waals surface area contributed by atoms with Crippen molar-refractivity contribution in [1.82, 2.24) is 0 Å².